The summed E-state index contributed by atoms with van der Waals surface area (Å²) in [5, 5.41) is 7.89. The van der Waals surface area contributed by atoms with E-state index in [9.17, 15) is 4.79 Å². The molecule has 116 valence electrons. The Kier molecular flexibility index (Phi) is 5.66. The van der Waals surface area contributed by atoms with Crippen LogP contribution in [0.5, 0.6) is 0 Å². The van der Waals surface area contributed by atoms with Crippen LogP contribution in [0.4, 0.5) is 0 Å². The van der Waals surface area contributed by atoms with Gasteiger partial charge in [-0.25, -0.2) is 0 Å². The topological polar surface area (TPSA) is 45.9 Å². The molecule has 0 fully saturated rings. The first-order valence-corrected chi connectivity index (χ1v) is 7.12. The minimum atomic E-state index is 0. The van der Waals surface area contributed by atoms with Gasteiger partial charge in [0, 0.05) is 18.0 Å². The van der Waals surface area contributed by atoms with Crippen molar-refractivity contribution in [1.82, 2.24) is 4.57 Å². The van der Waals surface area contributed by atoms with Crippen LogP contribution in [-0.4, -0.2) is 10.4 Å². The molecule has 0 atom stereocenters. The number of halogens is 1. The number of aromatic nitrogens is 1. The maximum absolute atomic E-state index is 12.3. The quantitative estimate of drug-likeness (QED) is 0.692. The maximum atomic E-state index is 12.3. The zero-order valence-electron chi connectivity index (χ0n) is 12.5. The zero-order chi connectivity index (χ0) is 15.4. The lowest BCUT2D eigenvalue weighted by atomic mass is 10.0. The molecule has 0 aliphatic carbocycles. The van der Waals surface area contributed by atoms with Crippen LogP contribution < -0.4 is 5.36 Å². The number of carbonyl (C=O) groups excluding carboxylic acids is 1. The van der Waals surface area contributed by atoms with Crippen LogP contribution >= 0.6 is 17.0 Å². The lowest BCUT2D eigenvalue weighted by Crippen LogP contribution is -2.12. The van der Waals surface area contributed by atoms with Crippen LogP contribution in [0.25, 0.3) is 11.1 Å². The Balaban J connectivity index is 0.00000192. The van der Waals surface area contributed by atoms with E-state index in [0.29, 0.717) is 10.9 Å². The predicted octanol–water partition coefficient (Wildman–Crippen LogP) is 4.10. The van der Waals surface area contributed by atoms with Crippen molar-refractivity contribution in [3.05, 3.63) is 90.0 Å². The third kappa shape index (κ3) is 4.27. The highest BCUT2D eigenvalue weighted by molar-refractivity contribution is 8.93. The van der Waals surface area contributed by atoms with Gasteiger partial charge in [-0.2, -0.15) is 0 Å². The van der Waals surface area contributed by atoms with Gasteiger partial charge in [-0.1, -0.05) is 54.6 Å². The Morgan fingerprint density at radius 3 is 2.00 bits per heavy atom. The van der Waals surface area contributed by atoms with E-state index in [4.69, 9.17) is 5.41 Å². The van der Waals surface area contributed by atoms with Crippen LogP contribution in [0.1, 0.15) is 10.4 Å². The van der Waals surface area contributed by atoms with Gasteiger partial charge in [0.2, 0.25) is 0 Å². The monoisotopic (exact) mass is 368 g/mol. The van der Waals surface area contributed by atoms with E-state index in [1.807, 2.05) is 42.5 Å². The number of benzene rings is 2. The van der Waals surface area contributed by atoms with Crippen LogP contribution in [0.2, 0.25) is 0 Å². The second-order valence-electron chi connectivity index (χ2n) is 5.13. The molecule has 1 heterocycles. The number of hydrogen-bond acceptors (Lipinski definition) is 2. The summed E-state index contributed by atoms with van der Waals surface area (Å²) >= 11 is 0. The van der Waals surface area contributed by atoms with E-state index < -0.39 is 0 Å². The smallest absolute Gasteiger partial charge is 0.182 e. The maximum Gasteiger partial charge on any atom is 0.182 e. The van der Waals surface area contributed by atoms with Crippen LogP contribution in [0, 0.1) is 5.41 Å². The van der Waals surface area contributed by atoms with E-state index >= 15 is 0 Å². The van der Waals surface area contributed by atoms with Gasteiger partial charge in [-0.05, 0) is 23.3 Å². The fourth-order valence-electron chi connectivity index (χ4n) is 2.30. The second-order valence-corrected chi connectivity index (χ2v) is 5.13. The summed E-state index contributed by atoms with van der Waals surface area (Å²) in [6, 6.07) is 21.1. The van der Waals surface area contributed by atoms with Gasteiger partial charge in [0.25, 0.3) is 0 Å². The molecular weight excluding hydrogens is 352 g/mol. The number of ketones is 1. The molecule has 4 heteroatoms. The number of nitrogens with zero attached hydrogens (tertiary/aromatic N) is 1. The first-order chi connectivity index (χ1) is 10.7. The molecule has 0 bridgehead atoms. The van der Waals surface area contributed by atoms with Crippen LogP contribution in [0.15, 0.2) is 79.1 Å². The van der Waals surface area contributed by atoms with Gasteiger partial charge in [-0.3, -0.25) is 4.79 Å². The molecule has 3 nitrogen and oxygen atoms in total. The molecular formula is C19H17BrN2O. The Labute approximate surface area is 145 Å². The van der Waals surface area contributed by atoms with Gasteiger partial charge < -0.3 is 9.98 Å². The average molecular weight is 369 g/mol. The first kappa shape index (κ1) is 16.9. The van der Waals surface area contributed by atoms with Gasteiger partial charge in [0.05, 0.1) is 11.9 Å². The van der Waals surface area contributed by atoms with Crippen molar-refractivity contribution in [2.45, 2.75) is 6.54 Å². The molecule has 0 radical (unpaired) electrons. The van der Waals surface area contributed by atoms with Crippen LogP contribution in [0.3, 0.4) is 0 Å². The molecule has 0 saturated carbocycles. The molecule has 1 N–H and O–H groups in total. The third-order valence-corrected chi connectivity index (χ3v) is 3.53. The largest absolute Gasteiger partial charge is 0.346 e. The van der Waals surface area contributed by atoms with Crippen molar-refractivity contribution in [1.29, 1.82) is 5.41 Å². The summed E-state index contributed by atoms with van der Waals surface area (Å²) in [6.07, 6.45) is 3.50. The normalized spacial score (nSPS) is 9.91. The Morgan fingerprint density at radius 1 is 0.826 bits per heavy atom. The van der Waals surface area contributed by atoms with Crippen LogP contribution in [-0.2, 0) is 6.54 Å². The Bertz CT molecular complexity index is 819. The fourth-order valence-corrected chi connectivity index (χ4v) is 2.30. The molecule has 3 rings (SSSR count). The Hall–Kier alpha value is -2.46. The predicted molar refractivity (Wildman–Crippen MR) is 96.8 cm³/mol. The summed E-state index contributed by atoms with van der Waals surface area (Å²) in [6.45, 7) is 0.283. The lowest BCUT2D eigenvalue weighted by Gasteiger charge is -2.06. The number of hydrogen-bond donors (Lipinski definition) is 1. The molecule has 0 unspecified atom stereocenters. The Morgan fingerprint density at radius 2 is 1.39 bits per heavy atom. The van der Waals surface area contributed by atoms with Gasteiger partial charge in [-0.15, -0.1) is 17.0 Å². The van der Waals surface area contributed by atoms with E-state index in [-0.39, 0.29) is 29.3 Å². The van der Waals surface area contributed by atoms with Crippen molar-refractivity contribution in [2.24, 2.45) is 0 Å². The van der Waals surface area contributed by atoms with Crippen molar-refractivity contribution in [2.75, 3.05) is 0 Å². The molecule has 3 aromatic rings. The summed E-state index contributed by atoms with van der Waals surface area (Å²) in [5.74, 6) is 0.0577. The highest BCUT2D eigenvalue weighted by Crippen LogP contribution is 2.19. The number of pyridine rings is 1. The minimum absolute atomic E-state index is 0. The van der Waals surface area contributed by atoms with E-state index in [0.717, 1.165) is 11.1 Å². The minimum Gasteiger partial charge on any atom is -0.346 e. The molecule has 0 aliphatic rings. The molecule has 0 amide bonds. The molecule has 0 saturated heterocycles. The standard InChI is InChI=1S/C19H16N2O.BrH/c20-18-10-12-21(13-11-18)14-19(22)17-8-6-16(7-9-17)15-4-2-1-3-5-15;/h1-13,20H,14H2;1H. The van der Waals surface area contributed by atoms with Gasteiger partial charge >= 0.3 is 0 Å². The van der Waals surface area contributed by atoms with Crippen molar-refractivity contribution >= 4 is 22.8 Å². The molecule has 2 aromatic carbocycles. The van der Waals surface area contributed by atoms with Gasteiger partial charge in [0.1, 0.15) is 0 Å². The molecule has 1 aromatic heterocycles. The van der Waals surface area contributed by atoms with Gasteiger partial charge in [0.15, 0.2) is 5.78 Å². The van der Waals surface area contributed by atoms with Crippen molar-refractivity contribution in [3.63, 3.8) is 0 Å². The lowest BCUT2D eigenvalue weighted by molar-refractivity contribution is 0.0972. The molecule has 0 spiro atoms. The molecule has 23 heavy (non-hydrogen) atoms. The summed E-state index contributed by atoms with van der Waals surface area (Å²) in [7, 11) is 0. The fraction of sp³-hybridized carbons (Fsp3) is 0.0526. The SMILES string of the molecule is Br.N=c1ccn(CC(=O)c2ccc(-c3ccccc3)cc2)cc1. The first-order valence-electron chi connectivity index (χ1n) is 7.12. The highest BCUT2D eigenvalue weighted by Gasteiger charge is 2.06. The summed E-state index contributed by atoms with van der Waals surface area (Å²) in [5.41, 5.74) is 2.94. The van der Waals surface area contributed by atoms with Crippen molar-refractivity contribution in [3.8, 4) is 11.1 Å². The van der Waals surface area contributed by atoms with E-state index in [1.165, 1.54) is 0 Å². The van der Waals surface area contributed by atoms with E-state index in [2.05, 4.69) is 12.1 Å². The number of Topliss-reactive ketones (excluding diaryl/α,β-unsaturated/α-hetero) is 1. The number of rotatable bonds is 4. The zero-order valence-corrected chi connectivity index (χ0v) is 14.2. The summed E-state index contributed by atoms with van der Waals surface area (Å²) in [4.78, 5) is 12.3. The number of carbonyl (C=O) groups is 1. The second kappa shape index (κ2) is 7.70. The highest BCUT2D eigenvalue weighted by atomic mass is 79.9. The summed E-state index contributed by atoms with van der Waals surface area (Å²) < 4.78 is 1.78. The average Bonchev–Trinajstić information content (AvgIpc) is 2.58. The molecule has 0 aliphatic heterocycles. The number of nitrogens with one attached hydrogen (secondary N) is 1. The van der Waals surface area contributed by atoms with E-state index in [1.54, 1.807) is 29.1 Å². The van der Waals surface area contributed by atoms with Crippen molar-refractivity contribution < 1.29 is 4.79 Å². The third-order valence-electron chi connectivity index (χ3n) is 3.53.